The Kier molecular flexibility index (Phi) is 4.13. The second-order valence-electron chi connectivity index (χ2n) is 5.89. The van der Waals surface area contributed by atoms with Crippen LogP contribution < -0.4 is 19.5 Å². The average molecular weight is 364 g/mol. The van der Waals surface area contributed by atoms with Gasteiger partial charge in [0.2, 0.25) is 6.79 Å². The first-order chi connectivity index (χ1) is 12.1. The highest BCUT2D eigenvalue weighted by atomic mass is 35.5. The monoisotopic (exact) mass is 363 g/mol. The first-order valence-corrected chi connectivity index (χ1v) is 8.32. The molecule has 0 saturated carbocycles. The Bertz CT molecular complexity index is 842. The van der Waals surface area contributed by atoms with Crippen LogP contribution in [0.3, 0.4) is 0 Å². The van der Waals surface area contributed by atoms with Crippen LogP contribution in [0.4, 0.5) is 4.39 Å². The molecule has 5 nitrogen and oxygen atoms in total. The van der Waals surface area contributed by atoms with Gasteiger partial charge in [-0.1, -0.05) is 11.6 Å². The van der Waals surface area contributed by atoms with Gasteiger partial charge in [0.05, 0.1) is 17.7 Å². The van der Waals surface area contributed by atoms with Crippen LogP contribution >= 0.6 is 11.6 Å². The van der Waals surface area contributed by atoms with E-state index < -0.39 is 0 Å². The van der Waals surface area contributed by atoms with Gasteiger partial charge in [-0.05, 0) is 43.2 Å². The lowest BCUT2D eigenvalue weighted by molar-refractivity contribution is 0.0934. The van der Waals surface area contributed by atoms with Gasteiger partial charge in [-0.3, -0.25) is 4.79 Å². The number of carbonyl (C=O) groups excluding carboxylic acids is 1. The lowest BCUT2D eigenvalue weighted by Gasteiger charge is -2.19. The van der Waals surface area contributed by atoms with Gasteiger partial charge in [-0.2, -0.15) is 0 Å². The summed E-state index contributed by atoms with van der Waals surface area (Å²) < 4.78 is 29.8. The van der Waals surface area contributed by atoms with Crippen LogP contribution in [0.2, 0.25) is 5.02 Å². The highest BCUT2D eigenvalue weighted by Gasteiger charge is 2.25. The molecule has 4 rings (SSSR count). The van der Waals surface area contributed by atoms with E-state index in [1.165, 1.54) is 18.2 Å². The second-order valence-corrected chi connectivity index (χ2v) is 6.30. The molecule has 2 aromatic carbocycles. The molecule has 0 saturated heterocycles. The Hall–Kier alpha value is -2.47. The molecule has 1 N–H and O–H groups in total. The first kappa shape index (κ1) is 16.0. The van der Waals surface area contributed by atoms with Crippen molar-refractivity contribution in [3.63, 3.8) is 0 Å². The van der Waals surface area contributed by atoms with Crippen molar-refractivity contribution in [2.24, 2.45) is 0 Å². The van der Waals surface area contributed by atoms with Crippen LogP contribution in [-0.4, -0.2) is 19.3 Å². The summed E-state index contributed by atoms with van der Waals surface area (Å²) in [5, 5.41) is 3.25. The van der Waals surface area contributed by atoms with Crippen molar-refractivity contribution in [3.8, 4) is 17.2 Å². The zero-order valence-corrected chi connectivity index (χ0v) is 13.9. The van der Waals surface area contributed by atoms with Crippen LogP contribution in [0.1, 0.15) is 34.8 Å². The standard InChI is InChI=1S/C18H15ClFNO4/c19-13-6-10(7-16-17(13)25-9-24-16)18(22)21-14-2-1-5-23-15-4-3-11(20)8-12(14)15/h3-4,6-8,14H,1-2,5,9H2,(H,21,22)/t14-/m0/s1. The Morgan fingerprint density at radius 2 is 2.04 bits per heavy atom. The number of hydrogen-bond acceptors (Lipinski definition) is 4. The predicted octanol–water partition coefficient (Wildman–Crippen LogP) is 3.85. The molecular weight excluding hydrogens is 349 g/mol. The molecule has 2 aliphatic rings. The molecule has 1 amide bonds. The lowest BCUT2D eigenvalue weighted by Crippen LogP contribution is -2.28. The molecule has 1 atom stereocenters. The molecule has 0 aromatic heterocycles. The molecule has 2 aromatic rings. The van der Waals surface area contributed by atoms with E-state index in [0.717, 1.165) is 6.42 Å². The second kappa shape index (κ2) is 6.44. The Labute approximate surface area is 148 Å². The molecule has 2 heterocycles. The van der Waals surface area contributed by atoms with Gasteiger partial charge in [0.15, 0.2) is 11.5 Å². The zero-order chi connectivity index (χ0) is 17.4. The topological polar surface area (TPSA) is 56.8 Å². The van der Waals surface area contributed by atoms with Crippen molar-refractivity contribution in [1.29, 1.82) is 0 Å². The van der Waals surface area contributed by atoms with Crippen LogP contribution in [0, 0.1) is 5.82 Å². The highest BCUT2D eigenvalue weighted by Crippen LogP contribution is 2.40. The number of ether oxygens (including phenoxy) is 3. The predicted molar refractivity (Wildman–Crippen MR) is 88.9 cm³/mol. The Morgan fingerprint density at radius 1 is 1.16 bits per heavy atom. The fourth-order valence-corrected chi connectivity index (χ4v) is 3.30. The molecule has 7 heteroatoms. The molecule has 0 bridgehead atoms. The first-order valence-electron chi connectivity index (χ1n) is 7.94. The molecule has 2 aliphatic heterocycles. The fraction of sp³-hybridized carbons (Fsp3) is 0.278. The van der Waals surface area contributed by atoms with Gasteiger partial charge in [-0.15, -0.1) is 0 Å². The van der Waals surface area contributed by atoms with E-state index >= 15 is 0 Å². The van der Waals surface area contributed by atoms with Crippen molar-refractivity contribution >= 4 is 17.5 Å². The van der Waals surface area contributed by atoms with E-state index in [1.54, 1.807) is 12.1 Å². The van der Waals surface area contributed by atoms with Crippen LogP contribution in [0.5, 0.6) is 17.2 Å². The maximum absolute atomic E-state index is 13.6. The Balaban J connectivity index is 1.61. The molecule has 0 radical (unpaired) electrons. The van der Waals surface area contributed by atoms with Gasteiger partial charge < -0.3 is 19.5 Å². The zero-order valence-electron chi connectivity index (χ0n) is 13.2. The third kappa shape index (κ3) is 3.09. The molecule has 130 valence electrons. The van der Waals surface area contributed by atoms with E-state index in [4.69, 9.17) is 25.8 Å². The summed E-state index contributed by atoms with van der Waals surface area (Å²) in [6.07, 6.45) is 1.41. The summed E-state index contributed by atoms with van der Waals surface area (Å²) in [5.41, 5.74) is 0.995. The summed E-state index contributed by atoms with van der Waals surface area (Å²) >= 11 is 6.14. The fourth-order valence-electron chi connectivity index (χ4n) is 3.04. The van der Waals surface area contributed by atoms with E-state index in [2.05, 4.69) is 5.32 Å². The number of fused-ring (bicyclic) bond motifs is 2. The minimum atomic E-state index is -0.366. The van der Waals surface area contributed by atoms with Crippen molar-refractivity contribution in [1.82, 2.24) is 5.32 Å². The van der Waals surface area contributed by atoms with E-state index in [9.17, 15) is 9.18 Å². The van der Waals surface area contributed by atoms with E-state index in [1.807, 2.05) is 0 Å². The van der Waals surface area contributed by atoms with Crippen molar-refractivity contribution in [2.75, 3.05) is 13.4 Å². The molecule has 0 fully saturated rings. The summed E-state index contributed by atoms with van der Waals surface area (Å²) in [5.74, 6) is 0.784. The average Bonchev–Trinajstić information content (AvgIpc) is 2.99. The maximum atomic E-state index is 13.6. The number of amides is 1. The van der Waals surface area contributed by atoms with Crippen LogP contribution in [-0.2, 0) is 0 Å². The molecule has 0 unspecified atom stereocenters. The van der Waals surface area contributed by atoms with E-state index in [0.29, 0.717) is 46.4 Å². The molecular formula is C18H15ClFNO4. The summed E-state index contributed by atoms with van der Waals surface area (Å²) in [4.78, 5) is 12.7. The molecule has 0 aliphatic carbocycles. The van der Waals surface area contributed by atoms with Gasteiger partial charge in [0.25, 0.3) is 5.91 Å². The van der Waals surface area contributed by atoms with Gasteiger partial charge >= 0.3 is 0 Å². The lowest BCUT2D eigenvalue weighted by atomic mass is 10.0. The summed E-state index contributed by atoms with van der Waals surface area (Å²) in [6.45, 7) is 0.605. The summed E-state index contributed by atoms with van der Waals surface area (Å²) in [7, 11) is 0. The largest absolute Gasteiger partial charge is 0.493 e. The Morgan fingerprint density at radius 3 is 2.92 bits per heavy atom. The van der Waals surface area contributed by atoms with Crippen LogP contribution in [0.15, 0.2) is 30.3 Å². The third-order valence-electron chi connectivity index (χ3n) is 4.24. The number of rotatable bonds is 2. The minimum absolute atomic E-state index is 0.0761. The third-order valence-corrected chi connectivity index (χ3v) is 4.52. The number of nitrogens with one attached hydrogen (secondary N) is 1. The van der Waals surface area contributed by atoms with Crippen LogP contribution in [0.25, 0.3) is 0 Å². The smallest absolute Gasteiger partial charge is 0.251 e. The number of halogens is 2. The molecule has 0 spiro atoms. The van der Waals surface area contributed by atoms with Gasteiger partial charge in [0.1, 0.15) is 11.6 Å². The van der Waals surface area contributed by atoms with Gasteiger partial charge in [-0.25, -0.2) is 4.39 Å². The highest BCUT2D eigenvalue weighted by molar-refractivity contribution is 6.32. The van der Waals surface area contributed by atoms with Crippen molar-refractivity contribution in [3.05, 3.63) is 52.3 Å². The SMILES string of the molecule is O=C(N[C@H]1CCCOc2ccc(F)cc21)c1cc(Cl)c2c(c1)OCO2. The summed E-state index contributed by atoms with van der Waals surface area (Å²) in [6, 6.07) is 7.11. The van der Waals surface area contributed by atoms with Gasteiger partial charge in [0, 0.05) is 11.1 Å². The maximum Gasteiger partial charge on any atom is 0.251 e. The number of hydrogen-bond donors (Lipinski definition) is 1. The molecule has 25 heavy (non-hydrogen) atoms. The van der Waals surface area contributed by atoms with Crippen molar-refractivity contribution < 1.29 is 23.4 Å². The number of carbonyl (C=O) groups is 1. The quantitative estimate of drug-likeness (QED) is 0.880. The normalized spacial score (nSPS) is 18.1. The minimum Gasteiger partial charge on any atom is -0.493 e. The van der Waals surface area contributed by atoms with Crippen molar-refractivity contribution in [2.45, 2.75) is 18.9 Å². The number of benzene rings is 2. The van der Waals surface area contributed by atoms with E-state index in [-0.39, 0.29) is 24.6 Å².